The lowest BCUT2D eigenvalue weighted by Crippen LogP contribution is -2.40. The van der Waals surface area contributed by atoms with Gasteiger partial charge in [-0.25, -0.2) is 9.98 Å². The molecule has 1 saturated carbocycles. The van der Waals surface area contributed by atoms with Gasteiger partial charge in [0, 0.05) is 37.8 Å². The third-order valence-corrected chi connectivity index (χ3v) is 4.25. The standard InChI is InChI=1S/C15H26N4OS/c1-4-16-15(18-10-14-17-9-12(2)21-14)19(3)7-8-20-11-13-5-6-13/h9,13H,4-8,10-11H2,1-3H3,(H,16,18). The van der Waals surface area contributed by atoms with Crippen molar-refractivity contribution in [2.75, 3.05) is 33.4 Å². The van der Waals surface area contributed by atoms with Crippen LogP contribution in [0.25, 0.3) is 0 Å². The predicted octanol–water partition coefficient (Wildman–Crippen LogP) is 2.28. The largest absolute Gasteiger partial charge is 0.379 e. The number of ether oxygens (including phenoxy) is 1. The maximum atomic E-state index is 5.69. The smallest absolute Gasteiger partial charge is 0.194 e. The number of aromatic nitrogens is 1. The summed E-state index contributed by atoms with van der Waals surface area (Å²) in [6, 6.07) is 0. The summed E-state index contributed by atoms with van der Waals surface area (Å²) in [5.74, 6) is 1.74. The monoisotopic (exact) mass is 310 g/mol. The summed E-state index contributed by atoms with van der Waals surface area (Å²) in [5.41, 5.74) is 0. The van der Waals surface area contributed by atoms with E-state index in [0.29, 0.717) is 6.54 Å². The molecule has 1 aliphatic rings. The molecule has 0 unspecified atom stereocenters. The minimum absolute atomic E-state index is 0.633. The lowest BCUT2D eigenvalue weighted by molar-refractivity contribution is 0.115. The number of thiazole rings is 1. The highest BCUT2D eigenvalue weighted by Gasteiger charge is 2.21. The molecule has 118 valence electrons. The summed E-state index contributed by atoms with van der Waals surface area (Å²) in [6.45, 7) is 8.18. The molecule has 1 heterocycles. The van der Waals surface area contributed by atoms with Crippen LogP contribution in [0.2, 0.25) is 0 Å². The van der Waals surface area contributed by atoms with Crippen LogP contribution >= 0.6 is 11.3 Å². The zero-order valence-corrected chi connectivity index (χ0v) is 14.1. The number of aliphatic imine (C=N–C) groups is 1. The first-order chi connectivity index (χ1) is 10.2. The first-order valence-electron chi connectivity index (χ1n) is 7.67. The highest BCUT2D eigenvalue weighted by Crippen LogP contribution is 2.28. The van der Waals surface area contributed by atoms with Gasteiger partial charge in [0.25, 0.3) is 0 Å². The fourth-order valence-electron chi connectivity index (χ4n) is 1.93. The van der Waals surface area contributed by atoms with E-state index in [1.807, 2.05) is 6.20 Å². The van der Waals surface area contributed by atoms with Crippen LogP contribution in [0.15, 0.2) is 11.2 Å². The van der Waals surface area contributed by atoms with Crippen molar-refractivity contribution in [3.8, 4) is 0 Å². The van der Waals surface area contributed by atoms with Gasteiger partial charge in [-0.15, -0.1) is 11.3 Å². The topological polar surface area (TPSA) is 49.8 Å². The van der Waals surface area contributed by atoms with Gasteiger partial charge in [-0.3, -0.25) is 0 Å². The minimum atomic E-state index is 0.633. The van der Waals surface area contributed by atoms with Crippen LogP contribution in [-0.2, 0) is 11.3 Å². The minimum Gasteiger partial charge on any atom is -0.379 e. The summed E-state index contributed by atoms with van der Waals surface area (Å²) in [7, 11) is 2.05. The lowest BCUT2D eigenvalue weighted by atomic mass is 10.5. The number of aryl methyl sites for hydroxylation is 1. The average Bonchev–Trinajstić information content (AvgIpc) is 3.20. The lowest BCUT2D eigenvalue weighted by Gasteiger charge is -2.21. The molecule has 2 rings (SSSR count). The summed E-state index contributed by atoms with van der Waals surface area (Å²) < 4.78 is 5.69. The molecule has 0 radical (unpaired) electrons. The zero-order valence-electron chi connectivity index (χ0n) is 13.3. The molecule has 1 aromatic heterocycles. The van der Waals surface area contributed by atoms with Gasteiger partial charge in [-0.2, -0.15) is 0 Å². The molecule has 21 heavy (non-hydrogen) atoms. The molecule has 6 heteroatoms. The molecule has 5 nitrogen and oxygen atoms in total. The van der Waals surface area contributed by atoms with Crippen LogP contribution < -0.4 is 5.32 Å². The van der Waals surface area contributed by atoms with Crippen molar-refractivity contribution in [2.45, 2.75) is 33.2 Å². The second-order valence-electron chi connectivity index (χ2n) is 5.47. The van der Waals surface area contributed by atoms with E-state index >= 15 is 0 Å². The molecule has 1 aromatic rings. The number of likely N-dealkylation sites (N-methyl/N-ethyl adjacent to an activating group) is 1. The van der Waals surface area contributed by atoms with Crippen molar-refractivity contribution in [3.05, 3.63) is 16.1 Å². The molecule has 0 spiro atoms. The zero-order chi connectivity index (χ0) is 15.1. The average molecular weight is 310 g/mol. The van der Waals surface area contributed by atoms with E-state index < -0.39 is 0 Å². The van der Waals surface area contributed by atoms with Crippen LogP contribution in [0, 0.1) is 12.8 Å². The predicted molar refractivity (Wildman–Crippen MR) is 87.8 cm³/mol. The van der Waals surface area contributed by atoms with Gasteiger partial charge in [0.1, 0.15) is 5.01 Å². The van der Waals surface area contributed by atoms with E-state index in [1.54, 1.807) is 11.3 Å². The Hall–Kier alpha value is -1.14. The Kier molecular flexibility index (Phi) is 6.45. The van der Waals surface area contributed by atoms with Gasteiger partial charge in [-0.05, 0) is 32.6 Å². The Morgan fingerprint density at radius 2 is 2.38 bits per heavy atom. The number of hydrogen-bond acceptors (Lipinski definition) is 4. The first kappa shape index (κ1) is 16.2. The molecule has 1 fully saturated rings. The Balaban J connectivity index is 1.77. The van der Waals surface area contributed by atoms with E-state index in [9.17, 15) is 0 Å². The summed E-state index contributed by atoms with van der Waals surface area (Å²) in [5, 5.41) is 4.38. The first-order valence-corrected chi connectivity index (χ1v) is 8.49. The fraction of sp³-hybridized carbons (Fsp3) is 0.733. The van der Waals surface area contributed by atoms with Crippen LogP contribution in [0.1, 0.15) is 29.7 Å². The maximum absolute atomic E-state index is 5.69. The normalized spacial score (nSPS) is 15.3. The van der Waals surface area contributed by atoms with E-state index in [2.05, 4.69) is 41.1 Å². The molecular formula is C15H26N4OS. The molecule has 0 aliphatic heterocycles. The second-order valence-corrected chi connectivity index (χ2v) is 6.79. The van der Waals surface area contributed by atoms with Crippen molar-refractivity contribution in [2.24, 2.45) is 10.9 Å². The Labute approximate surface area is 131 Å². The number of rotatable bonds is 8. The molecule has 0 saturated heterocycles. The second kappa shape index (κ2) is 8.34. The van der Waals surface area contributed by atoms with Crippen molar-refractivity contribution in [3.63, 3.8) is 0 Å². The Bertz CT molecular complexity index is 456. The van der Waals surface area contributed by atoms with Gasteiger partial charge in [0.05, 0.1) is 13.2 Å². The van der Waals surface area contributed by atoms with Crippen molar-refractivity contribution in [1.82, 2.24) is 15.2 Å². The SMILES string of the molecule is CCNC(=NCc1ncc(C)s1)N(C)CCOCC1CC1. The van der Waals surface area contributed by atoms with E-state index in [4.69, 9.17) is 4.74 Å². The molecule has 0 aromatic carbocycles. The van der Waals surface area contributed by atoms with Gasteiger partial charge in [0.2, 0.25) is 0 Å². The molecule has 0 atom stereocenters. The maximum Gasteiger partial charge on any atom is 0.194 e. The number of guanidine groups is 1. The molecule has 0 bridgehead atoms. The van der Waals surface area contributed by atoms with Gasteiger partial charge in [0.15, 0.2) is 5.96 Å². The molecule has 1 N–H and O–H groups in total. The quantitative estimate of drug-likeness (QED) is 0.455. The van der Waals surface area contributed by atoms with Crippen molar-refractivity contribution in [1.29, 1.82) is 0 Å². The Morgan fingerprint density at radius 3 is 3.00 bits per heavy atom. The van der Waals surface area contributed by atoms with Crippen LogP contribution in [0.4, 0.5) is 0 Å². The number of nitrogens with one attached hydrogen (secondary N) is 1. The third kappa shape index (κ3) is 6.01. The van der Waals surface area contributed by atoms with Crippen molar-refractivity contribution < 1.29 is 4.74 Å². The Morgan fingerprint density at radius 1 is 1.57 bits per heavy atom. The molecule has 1 aliphatic carbocycles. The van der Waals surface area contributed by atoms with Gasteiger partial charge in [-0.1, -0.05) is 0 Å². The van der Waals surface area contributed by atoms with Crippen molar-refractivity contribution >= 4 is 17.3 Å². The van der Waals surface area contributed by atoms with Crippen LogP contribution in [0.5, 0.6) is 0 Å². The van der Waals surface area contributed by atoms with E-state index in [-0.39, 0.29) is 0 Å². The number of nitrogens with zero attached hydrogens (tertiary/aromatic N) is 3. The van der Waals surface area contributed by atoms with Crippen LogP contribution in [0.3, 0.4) is 0 Å². The van der Waals surface area contributed by atoms with Crippen LogP contribution in [-0.4, -0.2) is 49.2 Å². The summed E-state index contributed by atoms with van der Waals surface area (Å²) in [6.07, 6.45) is 4.58. The van der Waals surface area contributed by atoms with E-state index in [0.717, 1.165) is 43.2 Å². The number of hydrogen-bond donors (Lipinski definition) is 1. The van der Waals surface area contributed by atoms with E-state index in [1.165, 1.54) is 17.7 Å². The third-order valence-electron chi connectivity index (χ3n) is 3.35. The van der Waals surface area contributed by atoms with Gasteiger partial charge >= 0.3 is 0 Å². The fourth-order valence-corrected chi connectivity index (χ4v) is 2.64. The highest BCUT2D eigenvalue weighted by atomic mass is 32.1. The molecule has 0 amide bonds. The summed E-state index contributed by atoms with van der Waals surface area (Å²) in [4.78, 5) is 12.3. The molecular weight excluding hydrogens is 284 g/mol. The summed E-state index contributed by atoms with van der Waals surface area (Å²) >= 11 is 1.70. The van der Waals surface area contributed by atoms with Gasteiger partial charge < -0.3 is 15.0 Å². The highest BCUT2D eigenvalue weighted by molar-refractivity contribution is 7.11.